The largest absolute Gasteiger partial charge is 0.376 e. The van der Waals surface area contributed by atoms with Crippen LogP contribution in [0.4, 0.5) is 5.69 Å². The van der Waals surface area contributed by atoms with Gasteiger partial charge in [-0.3, -0.25) is 4.98 Å². The quantitative estimate of drug-likeness (QED) is 0.794. The maximum Gasteiger partial charge on any atom is 0.246 e. The highest BCUT2D eigenvalue weighted by molar-refractivity contribution is 5.53. The summed E-state index contributed by atoms with van der Waals surface area (Å²) in [6.07, 6.45) is 1.73. The van der Waals surface area contributed by atoms with E-state index in [1.165, 1.54) is 5.56 Å². The molecule has 0 unspecified atom stereocenters. The first kappa shape index (κ1) is 13.3. The number of aryl methyl sites for hydroxylation is 2. The van der Waals surface area contributed by atoms with E-state index in [1.807, 2.05) is 37.3 Å². The lowest BCUT2D eigenvalue weighted by Gasteiger charge is -2.05. The Morgan fingerprint density at radius 3 is 2.67 bits per heavy atom. The highest BCUT2D eigenvalue weighted by atomic mass is 16.5. The van der Waals surface area contributed by atoms with Gasteiger partial charge in [-0.15, -0.1) is 0 Å². The van der Waals surface area contributed by atoms with Crippen LogP contribution in [0.5, 0.6) is 0 Å². The molecule has 0 aliphatic heterocycles. The Morgan fingerprint density at radius 1 is 1.05 bits per heavy atom. The highest BCUT2D eigenvalue weighted by Crippen LogP contribution is 2.18. The number of benzene rings is 1. The number of rotatable bonds is 4. The van der Waals surface area contributed by atoms with Gasteiger partial charge in [-0.1, -0.05) is 29.4 Å². The summed E-state index contributed by atoms with van der Waals surface area (Å²) in [6, 6.07) is 11.9. The lowest BCUT2D eigenvalue weighted by atomic mass is 10.2. The van der Waals surface area contributed by atoms with Crippen LogP contribution in [-0.2, 0) is 6.54 Å². The second-order valence-corrected chi connectivity index (χ2v) is 4.85. The van der Waals surface area contributed by atoms with Crippen LogP contribution in [0.15, 0.2) is 47.1 Å². The third-order valence-corrected chi connectivity index (χ3v) is 3.26. The zero-order valence-corrected chi connectivity index (χ0v) is 12.0. The summed E-state index contributed by atoms with van der Waals surface area (Å²) in [5, 5.41) is 7.29. The monoisotopic (exact) mass is 280 g/mol. The van der Waals surface area contributed by atoms with E-state index in [0.29, 0.717) is 18.3 Å². The van der Waals surface area contributed by atoms with E-state index in [1.54, 1.807) is 6.20 Å². The molecular formula is C16H16N4O. The summed E-state index contributed by atoms with van der Waals surface area (Å²) in [5.41, 5.74) is 4.02. The van der Waals surface area contributed by atoms with Gasteiger partial charge in [0.25, 0.3) is 0 Å². The molecular weight excluding hydrogens is 264 g/mol. The van der Waals surface area contributed by atoms with Gasteiger partial charge >= 0.3 is 0 Å². The molecule has 0 saturated carbocycles. The Hall–Kier alpha value is -2.69. The summed E-state index contributed by atoms with van der Waals surface area (Å²) in [5.74, 6) is 1.06. The van der Waals surface area contributed by atoms with Gasteiger partial charge in [-0.05, 0) is 37.1 Å². The molecule has 0 saturated heterocycles. The molecule has 0 aliphatic carbocycles. The Bertz CT molecular complexity index is 751. The zero-order chi connectivity index (χ0) is 14.7. The van der Waals surface area contributed by atoms with Crippen molar-refractivity contribution in [1.82, 2.24) is 15.1 Å². The summed E-state index contributed by atoms with van der Waals surface area (Å²) >= 11 is 0. The van der Waals surface area contributed by atoms with Crippen LogP contribution in [0.3, 0.4) is 0 Å². The molecule has 5 nitrogen and oxygen atoms in total. The van der Waals surface area contributed by atoms with Gasteiger partial charge in [-0.2, -0.15) is 4.98 Å². The topological polar surface area (TPSA) is 63.8 Å². The molecule has 2 heterocycles. The predicted molar refractivity (Wildman–Crippen MR) is 80.8 cm³/mol. The maximum atomic E-state index is 5.27. The fraction of sp³-hybridized carbons (Fsp3) is 0.188. The number of nitrogens with zero attached hydrogens (tertiary/aromatic N) is 3. The molecule has 0 amide bonds. The van der Waals surface area contributed by atoms with Gasteiger partial charge in [0, 0.05) is 11.9 Å². The Labute approximate surface area is 123 Å². The van der Waals surface area contributed by atoms with E-state index in [2.05, 4.69) is 33.4 Å². The molecule has 0 bridgehead atoms. The normalized spacial score (nSPS) is 10.6. The lowest BCUT2D eigenvalue weighted by molar-refractivity contribution is 0.384. The van der Waals surface area contributed by atoms with Gasteiger partial charge < -0.3 is 9.84 Å². The van der Waals surface area contributed by atoms with Crippen molar-refractivity contribution < 1.29 is 4.52 Å². The molecule has 0 fully saturated rings. The Kier molecular flexibility index (Phi) is 3.64. The van der Waals surface area contributed by atoms with Crippen molar-refractivity contribution in [3.05, 3.63) is 59.6 Å². The van der Waals surface area contributed by atoms with Crippen LogP contribution in [0.1, 0.15) is 17.0 Å². The number of para-hydroxylation sites is 1. The van der Waals surface area contributed by atoms with Crippen LogP contribution in [-0.4, -0.2) is 15.1 Å². The molecule has 0 aliphatic rings. The van der Waals surface area contributed by atoms with Crippen LogP contribution in [0.25, 0.3) is 11.5 Å². The molecule has 106 valence electrons. The number of pyridine rings is 1. The first-order valence-corrected chi connectivity index (χ1v) is 6.78. The van der Waals surface area contributed by atoms with Crippen LogP contribution >= 0.6 is 0 Å². The van der Waals surface area contributed by atoms with Crippen LogP contribution in [0, 0.1) is 13.8 Å². The van der Waals surface area contributed by atoms with E-state index < -0.39 is 0 Å². The van der Waals surface area contributed by atoms with Gasteiger partial charge in [-0.25, -0.2) is 0 Å². The molecule has 3 aromatic rings. The van der Waals surface area contributed by atoms with E-state index in [9.17, 15) is 0 Å². The van der Waals surface area contributed by atoms with Crippen molar-refractivity contribution in [3.63, 3.8) is 0 Å². The lowest BCUT2D eigenvalue weighted by Crippen LogP contribution is -2.01. The summed E-state index contributed by atoms with van der Waals surface area (Å²) in [7, 11) is 0. The average Bonchev–Trinajstić information content (AvgIpc) is 2.96. The first-order valence-electron chi connectivity index (χ1n) is 6.78. The molecule has 1 aromatic carbocycles. The first-order chi connectivity index (χ1) is 10.2. The van der Waals surface area contributed by atoms with Gasteiger partial charge in [0.15, 0.2) is 0 Å². The number of anilines is 1. The average molecular weight is 280 g/mol. The van der Waals surface area contributed by atoms with Crippen molar-refractivity contribution in [2.75, 3.05) is 5.32 Å². The van der Waals surface area contributed by atoms with E-state index in [0.717, 1.165) is 16.9 Å². The summed E-state index contributed by atoms with van der Waals surface area (Å²) in [6.45, 7) is 4.52. The molecule has 5 heteroatoms. The minimum Gasteiger partial charge on any atom is -0.376 e. The molecule has 1 N–H and O–H groups in total. The third-order valence-electron chi connectivity index (χ3n) is 3.26. The number of nitrogens with one attached hydrogen (secondary N) is 1. The molecule has 0 spiro atoms. The Balaban J connectivity index is 1.74. The predicted octanol–water partition coefficient (Wildman–Crippen LogP) is 3.36. The van der Waals surface area contributed by atoms with Gasteiger partial charge in [0.1, 0.15) is 5.69 Å². The molecule has 0 radical (unpaired) electrons. The summed E-state index contributed by atoms with van der Waals surface area (Å²) < 4.78 is 5.27. The molecule has 21 heavy (non-hydrogen) atoms. The maximum absolute atomic E-state index is 5.27. The van der Waals surface area contributed by atoms with Crippen molar-refractivity contribution in [2.24, 2.45) is 0 Å². The van der Waals surface area contributed by atoms with Gasteiger partial charge in [0.2, 0.25) is 11.7 Å². The molecule has 0 atom stereocenters. The van der Waals surface area contributed by atoms with Crippen molar-refractivity contribution in [2.45, 2.75) is 20.4 Å². The number of hydrogen-bond acceptors (Lipinski definition) is 5. The zero-order valence-electron chi connectivity index (χ0n) is 12.0. The van der Waals surface area contributed by atoms with Crippen molar-refractivity contribution in [1.29, 1.82) is 0 Å². The standard InChI is InChI=1S/C16H16N4O/c1-11-6-3-4-8-13(11)18-10-14-19-16(20-21-14)15-12(2)7-5-9-17-15/h3-9,18H,10H2,1-2H3. The number of hydrogen-bond donors (Lipinski definition) is 1. The van der Waals surface area contributed by atoms with Crippen LogP contribution < -0.4 is 5.32 Å². The fourth-order valence-electron chi connectivity index (χ4n) is 2.08. The molecule has 3 rings (SSSR count). The SMILES string of the molecule is Cc1ccccc1NCc1nc(-c2ncccc2C)no1. The fourth-order valence-corrected chi connectivity index (χ4v) is 2.08. The van der Waals surface area contributed by atoms with E-state index in [-0.39, 0.29) is 0 Å². The van der Waals surface area contributed by atoms with Crippen molar-refractivity contribution in [3.8, 4) is 11.5 Å². The van der Waals surface area contributed by atoms with E-state index >= 15 is 0 Å². The minimum absolute atomic E-state index is 0.490. The second kappa shape index (κ2) is 5.75. The molecule has 2 aromatic heterocycles. The third kappa shape index (κ3) is 2.91. The van der Waals surface area contributed by atoms with E-state index in [4.69, 9.17) is 4.52 Å². The highest BCUT2D eigenvalue weighted by Gasteiger charge is 2.11. The van der Waals surface area contributed by atoms with Crippen LogP contribution in [0.2, 0.25) is 0 Å². The number of aromatic nitrogens is 3. The smallest absolute Gasteiger partial charge is 0.246 e. The Morgan fingerprint density at radius 2 is 1.86 bits per heavy atom. The summed E-state index contributed by atoms with van der Waals surface area (Å²) in [4.78, 5) is 8.67. The van der Waals surface area contributed by atoms with Gasteiger partial charge in [0.05, 0.1) is 6.54 Å². The second-order valence-electron chi connectivity index (χ2n) is 4.85. The minimum atomic E-state index is 0.490. The van der Waals surface area contributed by atoms with Crippen molar-refractivity contribution >= 4 is 5.69 Å².